The number of amides is 1. The van der Waals surface area contributed by atoms with Crippen molar-refractivity contribution in [3.63, 3.8) is 0 Å². The van der Waals surface area contributed by atoms with Gasteiger partial charge >= 0.3 is 0 Å². The molecule has 2 fully saturated rings. The van der Waals surface area contributed by atoms with Crippen LogP contribution in [0, 0.1) is 11.8 Å². The number of hydrogen-bond donors (Lipinski definition) is 1. The third-order valence-corrected chi connectivity index (χ3v) is 5.68. The molecule has 1 N–H and O–H groups in total. The molecule has 5 nitrogen and oxygen atoms in total. The number of likely N-dealkylation sites (tertiary alicyclic amines) is 1. The minimum absolute atomic E-state index is 0. The lowest BCUT2D eigenvalue weighted by molar-refractivity contribution is 0.0748. The van der Waals surface area contributed by atoms with Crippen LogP contribution in [0.1, 0.15) is 23.3 Å². The first-order chi connectivity index (χ1) is 10.8. The van der Waals surface area contributed by atoms with Crippen molar-refractivity contribution >= 4 is 29.7 Å². The molecule has 0 unspecified atom stereocenters. The molecule has 23 heavy (non-hydrogen) atoms. The Labute approximate surface area is 145 Å². The van der Waals surface area contributed by atoms with Crippen molar-refractivity contribution in [2.45, 2.75) is 12.8 Å². The number of fused-ring (bicyclic) bond motifs is 1. The quantitative estimate of drug-likeness (QED) is 0.901. The number of nitrogens with one attached hydrogen (secondary N) is 1. The molecule has 2 saturated heterocycles. The fourth-order valence-electron chi connectivity index (χ4n) is 3.49. The maximum Gasteiger partial charge on any atom is 0.276 e. The first-order valence-electron chi connectivity index (χ1n) is 7.82. The molecular formula is C16H20ClN3O2S. The fraction of sp³-hybridized carbons (Fsp3) is 0.500. The summed E-state index contributed by atoms with van der Waals surface area (Å²) in [6, 6.07) is 5.70. The highest BCUT2D eigenvalue weighted by Gasteiger charge is 2.32. The van der Waals surface area contributed by atoms with E-state index in [0.29, 0.717) is 11.5 Å². The van der Waals surface area contributed by atoms with Crippen LogP contribution in [0.4, 0.5) is 0 Å². The van der Waals surface area contributed by atoms with Gasteiger partial charge < -0.3 is 14.7 Å². The van der Waals surface area contributed by atoms with E-state index < -0.39 is 0 Å². The van der Waals surface area contributed by atoms with Gasteiger partial charge in [-0.25, -0.2) is 0 Å². The van der Waals surface area contributed by atoms with Crippen LogP contribution in [0.25, 0.3) is 10.6 Å². The van der Waals surface area contributed by atoms with Crippen molar-refractivity contribution in [1.29, 1.82) is 0 Å². The molecule has 0 radical (unpaired) electrons. The van der Waals surface area contributed by atoms with Gasteiger partial charge in [-0.05, 0) is 49.2 Å². The number of nitrogens with zero attached hydrogens (tertiary/aromatic N) is 2. The monoisotopic (exact) mass is 353 g/mol. The number of thiophene rings is 1. The largest absolute Gasteiger partial charge is 0.355 e. The third-order valence-electron chi connectivity index (χ3n) is 4.80. The van der Waals surface area contributed by atoms with Gasteiger partial charge in [0.1, 0.15) is 0 Å². The first-order valence-corrected chi connectivity index (χ1v) is 8.70. The van der Waals surface area contributed by atoms with Gasteiger partial charge in [0, 0.05) is 19.2 Å². The highest BCUT2D eigenvalue weighted by Crippen LogP contribution is 2.29. The number of halogens is 1. The smallest absolute Gasteiger partial charge is 0.276 e. The molecule has 0 bridgehead atoms. The number of carbonyl (C=O) groups is 1. The van der Waals surface area contributed by atoms with Gasteiger partial charge in [0.05, 0.1) is 4.88 Å². The lowest BCUT2D eigenvalue weighted by atomic mass is 9.92. The normalized spacial score (nSPS) is 23.9. The summed E-state index contributed by atoms with van der Waals surface area (Å²) in [4.78, 5) is 15.6. The average Bonchev–Trinajstić information content (AvgIpc) is 3.26. The Hall–Kier alpha value is -1.37. The highest BCUT2D eigenvalue weighted by molar-refractivity contribution is 7.13. The highest BCUT2D eigenvalue weighted by atomic mass is 35.5. The Kier molecular flexibility index (Phi) is 5.04. The van der Waals surface area contributed by atoms with E-state index >= 15 is 0 Å². The second kappa shape index (κ2) is 7.03. The summed E-state index contributed by atoms with van der Waals surface area (Å²) < 4.78 is 5.33. The Morgan fingerprint density at radius 1 is 1.30 bits per heavy atom. The minimum atomic E-state index is -0.000473. The van der Waals surface area contributed by atoms with Gasteiger partial charge in [0.15, 0.2) is 11.5 Å². The summed E-state index contributed by atoms with van der Waals surface area (Å²) in [6.45, 7) is 3.84. The van der Waals surface area contributed by atoms with Gasteiger partial charge in [-0.1, -0.05) is 11.2 Å². The Balaban J connectivity index is 0.00000156. The molecular weight excluding hydrogens is 334 g/mol. The number of hydrogen-bond acceptors (Lipinski definition) is 5. The summed E-state index contributed by atoms with van der Waals surface area (Å²) in [6.07, 6.45) is 2.16. The molecule has 4 heterocycles. The van der Waals surface area contributed by atoms with Crippen molar-refractivity contribution in [3.8, 4) is 10.6 Å². The summed E-state index contributed by atoms with van der Waals surface area (Å²) >= 11 is 1.59. The molecule has 0 spiro atoms. The van der Waals surface area contributed by atoms with E-state index in [9.17, 15) is 4.79 Å². The van der Waals surface area contributed by atoms with Crippen LogP contribution in [0.3, 0.4) is 0 Å². The zero-order valence-corrected chi connectivity index (χ0v) is 14.4. The van der Waals surface area contributed by atoms with Gasteiger partial charge in [0.2, 0.25) is 0 Å². The van der Waals surface area contributed by atoms with Gasteiger partial charge in [0.25, 0.3) is 5.91 Å². The van der Waals surface area contributed by atoms with Crippen molar-refractivity contribution in [1.82, 2.24) is 15.4 Å². The van der Waals surface area contributed by atoms with E-state index in [2.05, 4.69) is 10.5 Å². The molecule has 0 aliphatic carbocycles. The fourth-order valence-corrected chi connectivity index (χ4v) is 4.17. The van der Waals surface area contributed by atoms with Gasteiger partial charge in [-0.15, -0.1) is 23.7 Å². The molecule has 2 aromatic heterocycles. The average molecular weight is 354 g/mol. The minimum Gasteiger partial charge on any atom is -0.355 e. The molecule has 4 rings (SSSR count). The van der Waals surface area contributed by atoms with Gasteiger partial charge in [-0.2, -0.15) is 0 Å². The van der Waals surface area contributed by atoms with Crippen LogP contribution in [0.15, 0.2) is 28.1 Å². The van der Waals surface area contributed by atoms with Gasteiger partial charge in [-0.3, -0.25) is 4.79 Å². The number of aromatic nitrogens is 1. The second-order valence-electron chi connectivity index (χ2n) is 6.10. The Morgan fingerprint density at radius 3 is 2.70 bits per heavy atom. The first kappa shape index (κ1) is 16.5. The molecule has 0 aromatic carbocycles. The number of rotatable bonds is 2. The molecule has 2 aliphatic rings. The van der Waals surface area contributed by atoms with E-state index in [4.69, 9.17) is 4.52 Å². The van der Waals surface area contributed by atoms with Crippen LogP contribution in [0.5, 0.6) is 0 Å². The third kappa shape index (κ3) is 3.29. The van der Waals surface area contributed by atoms with E-state index in [0.717, 1.165) is 55.7 Å². The predicted molar refractivity (Wildman–Crippen MR) is 92.1 cm³/mol. The summed E-state index contributed by atoms with van der Waals surface area (Å²) in [5, 5.41) is 9.42. The standard InChI is InChI=1S/C16H19N3O2S.ClH/c20-16(13-8-14(21-18-13)15-2-1-7-22-15)19-5-3-11-9-17-10-12(11)4-6-19;/h1-2,7-8,11-12,17H,3-6,9-10H2;1H/t11-,12+;. The Morgan fingerprint density at radius 2 is 2.04 bits per heavy atom. The van der Waals surface area contributed by atoms with Crippen LogP contribution >= 0.6 is 23.7 Å². The topological polar surface area (TPSA) is 58.4 Å². The molecule has 1 amide bonds. The van der Waals surface area contributed by atoms with E-state index in [1.54, 1.807) is 17.4 Å². The maximum absolute atomic E-state index is 12.6. The molecule has 0 saturated carbocycles. The van der Waals surface area contributed by atoms with E-state index in [1.165, 1.54) is 0 Å². The van der Waals surface area contributed by atoms with Crippen LogP contribution in [-0.4, -0.2) is 42.1 Å². The Bertz CT molecular complexity index is 644. The van der Waals surface area contributed by atoms with Crippen molar-refractivity contribution in [2.24, 2.45) is 11.8 Å². The number of carbonyl (C=O) groups excluding carboxylic acids is 1. The summed E-state index contributed by atoms with van der Waals surface area (Å²) in [5.41, 5.74) is 0.425. The zero-order valence-electron chi connectivity index (χ0n) is 12.7. The van der Waals surface area contributed by atoms with Crippen LogP contribution < -0.4 is 5.32 Å². The lowest BCUT2D eigenvalue weighted by Gasteiger charge is -2.19. The van der Waals surface area contributed by atoms with Crippen LogP contribution in [0.2, 0.25) is 0 Å². The van der Waals surface area contributed by atoms with E-state index in [1.807, 2.05) is 22.4 Å². The van der Waals surface area contributed by atoms with Crippen molar-refractivity contribution in [2.75, 3.05) is 26.2 Å². The molecule has 124 valence electrons. The van der Waals surface area contributed by atoms with Crippen LogP contribution in [-0.2, 0) is 0 Å². The van der Waals surface area contributed by atoms with Crippen molar-refractivity contribution < 1.29 is 9.32 Å². The summed E-state index contributed by atoms with van der Waals surface area (Å²) in [5.74, 6) is 2.11. The molecule has 7 heteroatoms. The zero-order chi connectivity index (χ0) is 14.9. The molecule has 2 aliphatic heterocycles. The lowest BCUT2D eigenvalue weighted by Crippen LogP contribution is -2.32. The summed E-state index contributed by atoms with van der Waals surface area (Å²) in [7, 11) is 0. The van der Waals surface area contributed by atoms with Crippen molar-refractivity contribution in [3.05, 3.63) is 29.3 Å². The maximum atomic E-state index is 12.6. The van der Waals surface area contributed by atoms with E-state index in [-0.39, 0.29) is 18.3 Å². The predicted octanol–water partition coefficient (Wildman–Crippen LogP) is 2.90. The SMILES string of the molecule is Cl.O=C(c1cc(-c2cccs2)on1)N1CC[C@@H]2CNC[C@@H]2CC1. The second-order valence-corrected chi connectivity index (χ2v) is 7.05. The molecule has 2 atom stereocenters. The molecule has 2 aromatic rings.